The molecule has 116 valence electrons. The molecule has 0 saturated carbocycles. The molecule has 0 fully saturated rings. The van der Waals surface area contributed by atoms with Crippen LogP contribution in [0, 0.1) is 0 Å². The van der Waals surface area contributed by atoms with Crippen LogP contribution in [-0.4, -0.2) is 27.3 Å². The van der Waals surface area contributed by atoms with Gasteiger partial charge in [-0.2, -0.15) is 0 Å². The smallest absolute Gasteiger partial charge is 0.320 e. The number of phenols is 2. The van der Waals surface area contributed by atoms with Crippen LogP contribution in [0.5, 0.6) is 11.5 Å². The molecular formula is C15H13Br2NO4. The number of carbonyl (C=O) groups is 1. The lowest BCUT2D eigenvalue weighted by Gasteiger charge is -2.16. The van der Waals surface area contributed by atoms with Gasteiger partial charge in [0.1, 0.15) is 17.5 Å². The molecule has 2 aromatic rings. The van der Waals surface area contributed by atoms with Gasteiger partial charge in [-0.1, -0.05) is 12.1 Å². The summed E-state index contributed by atoms with van der Waals surface area (Å²) in [5.41, 5.74) is 7.65. The molecule has 0 radical (unpaired) electrons. The van der Waals surface area contributed by atoms with Crippen molar-refractivity contribution < 1.29 is 20.1 Å². The standard InChI is InChI=1S/C15H13Br2NO4/c16-10-5-8(6-11(18)15(21)22)12(13(17)14(10)20)7-1-3-9(19)4-2-7/h1-5,11,19-20H,6,18H2,(H,21,22)/t11-/m0/s1. The molecule has 0 aliphatic carbocycles. The molecule has 1 atom stereocenters. The van der Waals surface area contributed by atoms with Crippen LogP contribution in [0.4, 0.5) is 0 Å². The summed E-state index contributed by atoms with van der Waals surface area (Å²) >= 11 is 6.57. The third-order valence-electron chi connectivity index (χ3n) is 3.19. The number of carboxylic acid groups (broad SMARTS) is 1. The van der Waals surface area contributed by atoms with Crippen LogP contribution in [0.1, 0.15) is 5.56 Å². The number of hydrogen-bond acceptors (Lipinski definition) is 4. The van der Waals surface area contributed by atoms with Crippen LogP contribution in [-0.2, 0) is 11.2 Å². The van der Waals surface area contributed by atoms with E-state index in [1.54, 1.807) is 18.2 Å². The number of aliphatic carboxylic acids is 1. The Morgan fingerprint density at radius 1 is 1.18 bits per heavy atom. The molecule has 2 aromatic carbocycles. The third kappa shape index (κ3) is 3.43. The number of hydrogen-bond donors (Lipinski definition) is 4. The third-order valence-corrected chi connectivity index (χ3v) is 4.57. The van der Waals surface area contributed by atoms with Crippen molar-refractivity contribution >= 4 is 37.8 Å². The first-order chi connectivity index (χ1) is 10.3. The van der Waals surface area contributed by atoms with Crippen LogP contribution in [0.3, 0.4) is 0 Å². The molecule has 5 N–H and O–H groups in total. The lowest BCUT2D eigenvalue weighted by atomic mass is 9.95. The highest BCUT2D eigenvalue weighted by Crippen LogP contribution is 2.43. The Kier molecular flexibility index (Phi) is 5.10. The van der Waals surface area contributed by atoms with Crippen LogP contribution in [0.2, 0.25) is 0 Å². The zero-order valence-corrected chi connectivity index (χ0v) is 14.4. The molecule has 0 aromatic heterocycles. The maximum absolute atomic E-state index is 11.0. The van der Waals surface area contributed by atoms with Gasteiger partial charge in [0.15, 0.2) is 0 Å². The van der Waals surface area contributed by atoms with Gasteiger partial charge in [-0.05, 0) is 67.6 Å². The van der Waals surface area contributed by atoms with Crippen molar-refractivity contribution in [3.63, 3.8) is 0 Å². The van der Waals surface area contributed by atoms with Gasteiger partial charge < -0.3 is 21.1 Å². The molecule has 7 heteroatoms. The van der Waals surface area contributed by atoms with E-state index in [0.717, 1.165) is 5.56 Å². The van der Waals surface area contributed by atoms with Crippen molar-refractivity contribution in [2.45, 2.75) is 12.5 Å². The zero-order chi connectivity index (χ0) is 16.4. The van der Waals surface area contributed by atoms with E-state index in [1.165, 1.54) is 12.1 Å². The summed E-state index contributed by atoms with van der Waals surface area (Å²) in [4.78, 5) is 11.0. The quantitative estimate of drug-likeness (QED) is 0.596. The molecule has 0 saturated heterocycles. The lowest BCUT2D eigenvalue weighted by Crippen LogP contribution is -2.32. The topological polar surface area (TPSA) is 104 Å². The molecule has 0 unspecified atom stereocenters. The van der Waals surface area contributed by atoms with Crippen LogP contribution >= 0.6 is 31.9 Å². The first kappa shape index (κ1) is 16.8. The number of phenolic OH excluding ortho intramolecular Hbond substituents is 2. The minimum Gasteiger partial charge on any atom is -0.508 e. The highest BCUT2D eigenvalue weighted by Gasteiger charge is 2.20. The Bertz CT molecular complexity index is 716. The summed E-state index contributed by atoms with van der Waals surface area (Å²) in [7, 11) is 0. The van der Waals surface area contributed by atoms with Gasteiger partial charge in [0.2, 0.25) is 0 Å². The maximum atomic E-state index is 11.0. The van der Waals surface area contributed by atoms with Gasteiger partial charge in [-0.15, -0.1) is 0 Å². The molecule has 0 amide bonds. The number of aromatic hydroxyl groups is 2. The Hall–Kier alpha value is -1.57. The Labute approximate surface area is 143 Å². The molecule has 0 aliphatic rings. The molecular weight excluding hydrogens is 418 g/mol. The van der Waals surface area contributed by atoms with Crippen molar-refractivity contribution in [2.24, 2.45) is 5.73 Å². The van der Waals surface area contributed by atoms with Gasteiger partial charge >= 0.3 is 5.97 Å². The van der Waals surface area contributed by atoms with E-state index >= 15 is 0 Å². The molecule has 0 spiro atoms. The SMILES string of the molecule is N[C@@H](Cc1cc(Br)c(O)c(Br)c1-c1ccc(O)cc1)C(=O)O. The number of rotatable bonds is 4. The fourth-order valence-electron chi connectivity index (χ4n) is 2.08. The number of nitrogens with two attached hydrogens (primary N) is 1. The Morgan fingerprint density at radius 3 is 2.32 bits per heavy atom. The lowest BCUT2D eigenvalue weighted by molar-refractivity contribution is -0.138. The average Bonchev–Trinajstić information content (AvgIpc) is 2.46. The second-order valence-electron chi connectivity index (χ2n) is 4.75. The van der Waals surface area contributed by atoms with Crippen LogP contribution < -0.4 is 5.73 Å². The average molecular weight is 431 g/mol. The minimum absolute atomic E-state index is 0.00993. The van der Waals surface area contributed by atoms with Crippen molar-refractivity contribution in [2.75, 3.05) is 0 Å². The van der Waals surface area contributed by atoms with Gasteiger partial charge in [0, 0.05) is 5.56 Å². The van der Waals surface area contributed by atoms with E-state index < -0.39 is 12.0 Å². The highest BCUT2D eigenvalue weighted by molar-refractivity contribution is 9.11. The van der Waals surface area contributed by atoms with Gasteiger partial charge in [-0.25, -0.2) is 0 Å². The number of benzene rings is 2. The maximum Gasteiger partial charge on any atom is 0.320 e. The summed E-state index contributed by atoms with van der Waals surface area (Å²) < 4.78 is 0.870. The largest absolute Gasteiger partial charge is 0.508 e. The van der Waals surface area contributed by atoms with Crippen molar-refractivity contribution in [3.05, 3.63) is 44.8 Å². The fourth-order valence-corrected chi connectivity index (χ4v) is 3.52. The summed E-state index contributed by atoms with van der Waals surface area (Å²) in [5.74, 6) is -0.974. The number of halogens is 2. The first-order valence-corrected chi connectivity index (χ1v) is 7.87. The second kappa shape index (κ2) is 6.68. The first-order valence-electron chi connectivity index (χ1n) is 6.29. The van der Waals surface area contributed by atoms with E-state index in [2.05, 4.69) is 31.9 Å². The van der Waals surface area contributed by atoms with E-state index in [0.29, 0.717) is 20.1 Å². The molecule has 0 bridgehead atoms. The van der Waals surface area contributed by atoms with Crippen LogP contribution in [0.25, 0.3) is 11.1 Å². The predicted molar refractivity (Wildman–Crippen MR) is 89.9 cm³/mol. The monoisotopic (exact) mass is 429 g/mol. The summed E-state index contributed by atoms with van der Waals surface area (Å²) in [6.45, 7) is 0. The normalized spacial score (nSPS) is 12.1. The molecule has 0 aliphatic heterocycles. The predicted octanol–water partition coefficient (Wildman–Crippen LogP) is 3.24. The molecule has 0 heterocycles. The van der Waals surface area contributed by atoms with Gasteiger partial charge in [0.25, 0.3) is 0 Å². The highest BCUT2D eigenvalue weighted by atomic mass is 79.9. The van der Waals surface area contributed by atoms with Crippen molar-refractivity contribution in [1.82, 2.24) is 0 Å². The van der Waals surface area contributed by atoms with E-state index in [-0.39, 0.29) is 17.9 Å². The molecule has 22 heavy (non-hydrogen) atoms. The van der Waals surface area contributed by atoms with Gasteiger partial charge in [-0.3, -0.25) is 4.79 Å². The summed E-state index contributed by atoms with van der Waals surface area (Å²) in [6.07, 6.45) is 0.100. The Balaban J connectivity index is 2.61. The Morgan fingerprint density at radius 2 is 1.77 bits per heavy atom. The summed E-state index contributed by atoms with van der Waals surface area (Å²) in [5, 5.41) is 28.5. The van der Waals surface area contributed by atoms with Crippen LogP contribution in [0.15, 0.2) is 39.3 Å². The van der Waals surface area contributed by atoms with E-state index in [4.69, 9.17) is 10.8 Å². The summed E-state index contributed by atoms with van der Waals surface area (Å²) in [6, 6.07) is 6.98. The van der Waals surface area contributed by atoms with Crippen molar-refractivity contribution in [1.29, 1.82) is 0 Å². The van der Waals surface area contributed by atoms with Gasteiger partial charge in [0.05, 0.1) is 8.95 Å². The molecule has 5 nitrogen and oxygen atoms in total. The van der Waals surface area contributed by atoms with E-state index in [9.17, 15) is 15.0 Å². The zero-order valence-electron chi connectivity index (χ0n) is 11.3. The fraction of sp³-hybridized carbons (Fsp3) is 0.133. The molecule has 2 rings (SSSR count). The van der Waals surface area contributed by atoms with Crippen molar-refractivity contribution in [3.8, 4) is 22.6 Å². The van der Waals surface area contributed by atoms with E-state index in [1.807, 2.05) is 0 Å². The second-order valence-corrected chi connectivity index (χ2v) is 6.40. The number of carboxylic acids is 1. The minimum atomic E-state index is -1.10.